The van der Waals surface area contributed by atoms with Crippen LogP contribution in [0.1, 0.15) is 0 Å². The van der Waals surface area contributed by atoms with Crippen molar-refractivity contribution >= 4 is 5.69 Å². The Labute approximate surface area is 65.8 Å². The smallest absolute Gasteiger partial charge is 0.119 e. The van der Waals surface area contributed by atoms with Crippen LogP contribution in [-0.4, -0.2) is 17.9 Å². The van der Waals surface area contributed by atoms with Crippen LogP contribution in [0.4, 0.5) is 5.69 Å². The molecular weight excluding hydrogens is 140 g/mol. The summed E-state index contributed by atoms with van der Waals surface area (Å²) >= 11 is 0. The zero-order chi connectivity index (χ0) is 8.10. The second-order valence-corrected chi connectivity index (χ2v) is 2.24. The molecule has 0 amide bonds. The van der Waals surface area contributed by atoms with Gasteiger partial charge in [-0.25, -0.2) is 0 Å². The van der Waals surface area contributed by atoms with Gasteiger partial charge in [-0.1, -0.05) is 12.1 Å². The number of aliphatic hydroxyl groups is 1. The number of hydrogen-bond donors (Lipinski definition) is 3. The fourth-order valence-corrected chi connectivity index (χ4v) is 0.727. The minimum atomic E-state index is -0.806. The Morgan fingerprint density at radius 2 is 2.18 bits per heavy atom. The van der Waals surface area contributed by atoms with E-state index in [0.29, 0.717) is 6.54 Å². The highest BCUT2D eigenvalue weighted by Crippen LogP contribution is 2.03. The van der Waals surface area contributed by atoms with Crippen molar-refractivity contribution in [3.63, 3.8) is 0 Å². The van der Waals surface area contributed by atoms with Crippen molar-refractivity contribution in [2.75, 3.05) is 11.9 Å². The second kappa shape index (κ2) is 3.95. The van der Waals surface area contributed by atoms with Gasteiger partial charge in [-0.3, -0.25) is 0 Å². The van der Waals surface area contributed by atoms with Crippen LogP contribution < -0.4 is 11.1 Å². The van der Waals surface area contributed by atoms with E-state index in [9.17, 15) is 0 Å². The molecule has 0 fully saturated rings. The van der Waals surface area contributed by atoms with Gasteiger partial charge in [0.2, 0.25) is 0 Å². The van der Waals surface area contributed by atoms with E-state index in [1.165, 1.54) is 0 Å². The summed E-state index contributed by atoms with van der Waals surface area (Å²) < 4.78 is 0. The lowest BCUT2D eigenvalue weighted by Crippen LogP contribution is -2.28. The maximum absolute atomic E-state index is 8.72. The van der Waals surface area contributed by atoms with Crippen LogP contribution in [0.15, 0.2) is 24.3 Å². The Kier molecular flexibility index (Phi) is 2.89. The highest BCUT2D eigenvalue weighted by Gasteiger charge is 1.93. The Morgan fingerprint density at radius 1 is 1.55 bits per heavy atom. The molecule has 0 saturated carbocycles. The van der Waals surface area contributed by atoms with E-state index in [4.69, 9.17) is 10.8 Å². The van der Waals surface area contributed by atoms with Gasteiger partial charge in [-0.15, -0.1) is 0 Å². The van der Waals surface area contributed by atoms with E-state index in [-0.39, 0.29) is 0 Å². The van der Waals surface area contributed by atoms with Gasteiger partial charge in [0, 0.05) is 5.69 Å². The van der Waals surface area contributed by atoms with Crippen molar-refractivity contribution in [3.8, 4) is 0 Å². The number of benzene rings is 1. The molecule has 1 aromatic carbocycles. The van der Waals surface area contributed by atoms with Crippen LogP contribution in [0.25, 0.3) is 0 Å². The van der Waals surface area contributed by atoms with Gasteiger partial charge in [0.25, 0.3) is 0 Å². The fraction of sp³-hybridized carbons (Fsp3) is 0.250. The van der Waals surface area contributed by atoms with Gasteiger partial charge < -0.3 is 16.2 Å². The molecule has 0 heterocycles. The number of nitrogens with one attached hydrogen (secondary N) is 1. The third-order valence-electron chi connectivity index (χ3n) is 1.23. The highest BCUT2D eigenvalue weighted by molar-refractivity contribution is 5.42. The minimum Gasteiger partial charge on any atom is -0.381 e. The van der Waals surface area contributed by atoms with Gasteiger partial charge in [0.1, 0.15) is 6.23 Å². The minimum absolute atomic E-state index is 0.365. The molecule has 4 N–H and O–H groups in total. The van der Waals surface area contributed by atoms with Crippen LogP contribution in [0.5, 0.6) is 0 Å². The SMILES string of the molecule is NC(O)CNc1cc[c]cc1. The molecule has 3 heteroatoms. The monoisotopic (exact) mass is 151 g/mol. The molecule has 11 heavy (non-hydrogen) atoms. The zero-order valence-electron chi connectivity index (χ0n) is 6.12. The quantitative estimate of drug-likeness (QED) is 0.540. The molecule has 0 aromatic heterocycles. The van der Waals surface area contributed by atoms with Gasteiger partial charge in [0.15, 0.2) is 0 Å². The molecule has 0 bridgehead atoms. The topological polar surface area (TPSA) is 58.3 Å². The first-order valence-electron chi connectivity index (χ1n) is 3.42. The van der Waals surface area contributed by atoms with Crippen LogP contribution >= 0.6 is 0 Å². The number of anilines is 1. The van der Waals surface area contributed by atoms with Gasteiger partial charge in [0.05, 0.1) is 6.54 Å². The van der Waals surface area contributed by atoms with E-state index in [2.05, 4.69) is 11.4 Å². The molecule has 1 rings (SSSR count). The zero-order valence-corrected chi connectivity index (χ0v) is 6.12. The first kappa shape index (κ1) is 8.04. The maximum Gasteiger partial charge on any atom is 0.119 e. The van der Waals surface area contributed by atoms with Crippen molar-refractivity contribution < 1.29 is 5.11 Å². The summed E-state index contributed by atoms with van der Waals surface area (Å²) in [5, 5.41) is 11.7. The molecule has 0 aliphatic rings. The lowest BCUT2D eigenvalue weighted by Gasteiger charge is -2.06. The Balaban J connectivity index is 2.39. The summed E-state index contributed by atoms with van der Waals surface area (Å²) in [4.78, 5) is 0. The lowest BCUT2D eigenvalue weighted by atomic mass is 10.3. The first-order valence-corrected chi connectivity index (χ1v) is 3.42. The second-order valence-electron chi connectivity index (χ2n) is 2.24. The molecule has 0 aliphatic carbocycles. The molecule has 0 spiro atoms. The van der Waals surface area contributed by atoms with E-state index in [1.54, 1.807) is 12.1 Å². The molecule has 0 saturated heterocycles. The maximum atomic E-state index is 8.72. The van der Waals surface area contributed by atoms with Crippen molar-refractivity contribution in [2.45, 2.75) is 6.23 Å². The standard InChI is InChI=1S/C8H11N2O/c9-8(11)6-10-7-4-2-1-3-5-7/h2-5,8,10-11H,6,9H2. The molecule has 59 valence electrons. The number of nitrogens with two attached hydrogens (primary N) is 1. The van der Waals surface area contributed by atoms with E-state index >= 15 is 0 Å². The summed E-state index contributed by atoms with van der Waals surface area (Å²) in [6.07, 6.45) is -0.806. The van der Waals surface area contributed by atoms with E-state index < -0.39 is 6.23 Å². The summed E-state index contributed by atoms with van der Waals surface area (Å²) in [5.41, 5.74) is 6.06. The fourth-order valence-electron chi connectivity index (χ4n) is 0.727. The van der Waals surface area contributed by atoms with Crippen LogP contribution in [-0.2, 0) is 0 Å². The average molecular weight is 151 g/mol. The highest BCUT2D eigenvalue weighted by atomic mass is 16.3. The van der Waals surface area contributed by atoms with Gasteiger partial charge in [-0.05, 0) is 18.2 Å². The number of aliphatic hydroxyl groups excluding tert-OH is 1. The van der Waals surface area contributed by atoms with E-state index in [1.807, 2.05) is 12.1 Å². The van der Waals surface area contributed by atoms with Gasteiger partial charge >= 0.3 is 0 Å². The van der Waals surface area contributed by atoms with Crippen LogP contribution in [0.2, 0.25) is 0 Å². The average Bonchev–Trinajstić information content (AvgIpc) is 2.03. The molecule has 3 nitrogen and oxygen atoms in total. The van der Waals surface area contributed by atoms with Gasteiger partial charge in [-0.2, -0.15) is 0 Å². The molecular formula is C8H11N2O. The van der Waals surface area contributed by atoms with Crippen LogP contribution in [0.3, 0.4) is 0 Å². The molecule has 1 aromatic rings. The van der Waals surface area contributed by atoms with Crippen molar-refractivity contribution in [1.82, 2.24) is 0 Å². The Hall–Kier alpha value is -1.06. The van der Waals surface area contributed by atoms with E-state index in [0.717, 1.165) is 5.69 Å². The lowest BCUT2D eigenvalue weighted by molar-refractivity contribution is 0.196. The number of hydrogen-bond acceptors (Lipinski definition) is 3. The van der Waals surface area contributed by atoms with Crippen LogP contribution in [0, 0.1) is 6.07 Å². The predicted molar refractivity (Wildman–Crippen MR) is 44.0 cm³/mol. The van der Waals surface area contributed by atoms with Crippen molar-refractivity contribution in [1.29, 1.82) is 0 Å². The third-order valence-corrected chi connectivity index (χ3v) is 1.23. The largest absolute Gasteiger partial charge is 0.381 e. The molecule has 0 aliphatic heterocycles. The summed E-state index contributed by atoms with van der Waals surface area (Å²) in [5.74, 6) is 0. The van der Waals surface area contributed by atoms with Crippen molar-refractivity contribution in [3.05, 3.63) is 30.3 Å². The molecule has 1 radical (unpaired) electrons. The third kappa shape index (κ3) is 3.02. The Morgan fingerprint density at radius 3 is 2.73 bits per heavy atom. The van der Waals surface area contributed by atoms with Crippen molar-refractivity contribution in [2.24, 2.45) is 5.73 Å². The summed E-state index contributed by atoms with van der Waals surface area (Å²) in [7, 11) is 0. The Bertz CT molecular complexity index is 199. The molecule has 1 unspecified atom stereocenters. The summed E-state index contributed by atoms with van der Waals surface area (Å²) in [6.45, 7) is 0.365. The number of rotatable bonds is 3. The molecule has 1 atom stereocenters. The normalized spacial score (nSPS) is 12.5. The predicted octanol–water partition coefficient (Wildman–Crippen LogP) is 0.176. The first-order chi connectivity index (χ1) is 5.29. The summed E-state index contributed by atoms with van der Waals surface area (Å²) in [6, 6.07) is 10.2.